The minimum absolute atomic E-state index is 0.392. The number of para-hydroxylation sites is 1. The van der Waals surface area contributed by atoms with E-state index in [1.165, 1.54) is 0 Å². The molecule has 2 aromatic heterocycles. The van der Waals surface area contributed by atoms with Crippen LogP contribution in [0.5, 0.6) is 0 Å². The summed E-state index contributed by atoms with van der Waals surface area (Å²) >= 11 is 5.74. The molecule has 0 saturated carbocycles. The molecule has 0 radical (unpaired) electrons. The van der Waals surface area contributed by atoms with E-state index in [9.17, 15) is 0 Å². The third-order valence-electron chi connectivity index (χ3n) is 2.41. The van der Waals surface area contributed by atoms with Crippen molar-refractivity contribution >= 4 is 33.5 Å². The summed E-state index contributed by atoms with van der Waals surface area (Å²) in [4.78, 5) is 11.9. The van der Waals surface area contributed by atoms with Gasteiger partial charge in [0.15, 0.2) is 0 Å². The topological polar surface area (TPSA) is 41.6 Å². The van der Waals surface area contributed by atoms with Crippen molar-refractivity contribution in [1.29, 1.82) is 0 Å². The summed E-state index contributed by atoms with van der Waals surface area (Å²) in [6.45, 7) is 0. The van der Waals surface area contributed by atoms with Crippen molar-refractivity contribution in [2.45, 2.75) is 5.88 Å². The molecule has 74 valence electrons. The second kappa shape index (κ2) is 3.21. The van der Waals surface area contributed by atoms with Crippen LogP contribution in [0.25, 0.3) is 21.9 Å². The van der Waals surface area contributed by atoms with Gasteiger partial charge in [-0.3, -0.25) is 4.98 Å². The predicted octanol–water partition coefficient (Wildman–Crippen LogP) is 2.85. The van der Waals surface area contributed by atoms with Crippen LogP contribution in [-0.2, 0) is 5.88 Å². The number of hydrogen-bond donors (Lipinski definition) is 1. The maximum Gasteiger partial charge on any atom is 0.122 e. The SMILES string of the molecule is ClCc1nc2cnc3ccccc3c2[nH]1. The minimum Gasteiger partial charge on any atom is -0.340 e. The zero-order chi connectivity index (χ0) is 10.3. The van der Waals surface area contributed by atoms with Crippen molar-refractivity contribution in [3.63, 3.8) is 0 Å². The average molecular weight is 218 g/mol. The molecule has 2 heterocycles. The van der Waals surface area contributed by atoms with Crippen LogP contribution in [0.4, 0.5) is 0 Å². The van der Waals surface area contributed by atoms with Gasteiger partial charge in [0.05, 0.1) is 23.1 Å². The Hall–Kier alpha value is -1.61. The van der Waals surface area contributed by atoms with E-state index >= 15 is 0 Å². The second-order valence-corrected chi connectivity index (χ2v) is 3.62. The lowest BCUT2D eigenvalue weighted by Crippen LogP contribution is -1.79. The maximum absolute atomic E-state index is 5.74. The number of nitrogens with one attached hydrogen (secondary N) is 1. The molecule has 0 aliphatic heterocycles. The van der Waals surface area contributed by atoms with Crippen LogP contribution in [0, 0.1) is 0 Å². The van der Waals surface area contributed by atoms with Crippen molar-refractivity contribution in [3.8, 4) is 0 Å². The van der Waals surface area contributed by atoms with Gasteiger partial charge in [-0.05, 0) is 6.07 Å². The van der Waals surface area contributed by atoms with Gasteiger partial charge in [0.1, 0.15) is 11.3 Å². The largest absolute Gasteiger partial charge is 0.340 e. The maximum atomic E-state index is 5.74. The Bertz CT molecular complexity index is 630. The summed E-state index contributed by atoms with van der Waals surface area (Å²) in [7, 11) is 0. The van der Waals surface area contributed by atoms with E-state index in [0.29, 0.717) is 5.88 Å². The Morgan fingerprint density at radius 2 is 2.07 bits per heavy atom. The minimum atomic E-state index is 0.392. The number of H-pyrrole nitrogens is 1. The second-order valence-electron chi connectivity index (χ2n) is 3.35. The molecule has 0 spiro atoms. The van der Waals surface area contributed by atoms with Crippen LogP contribution in [0.3, 0.4) is 0 Å². The Morgan fingerprint density at radius 3 is 2.93 bits per heavy atom. The molecule has 1 aromatic carbocycles. The number of benzene rings is 1. The lowest BCUT2D eigenvalue weighted by atomic mass is 10.2. The number of pyridine rings is 1. The van der Waals surface area contributed by atoms with Crippen molar-refractivity contribution in [3.05, 3.63) is 36.3 Å². The van der Waals surface area contributed by atoms with Gasteiger partial charge in [-0.15, -0.1) is 11.6 Å². The van der Waals surface area contributed by atoms with Gasteiger partial charge >= 0.3 is 0 Å². The van der Waals surface area contributed by atoms with Gasteiger partial charge < -0.3 is 4.98 Å². The highest BCUT2D eigenvalue weighted by molar-refractivity contribution is 6.17. The first-order valence-corrected chi connectivity index (χ1v) is 5.20. The van der Waals surface area contributed by atoms with Crippen molar-refractivity contribution in [1.82, 2.24) is 15.0 Å². The molecule has 3 rings (SSSR count). The van der Waals surface area contributed by atoms with E-state index in [2.05, 4.69) is 15.0 Å². The molecule has 4 heteroatoms. The summed E-state index contributed by atoms with van der Waals surface area (Å²) in [6, 6.07) is 7.97. The predicted molar refractivity (Wildman–Crippen MR) is 61.0 cm³/mol. The Morgan fingerprint density at radius 1 is 1.20 bits per heavy atom. The fraction of sp³-hybridized carbons (Fsp3) is 0.0909. The Kier molecular flexibility index (Phi) is 1.86. The van der Waals surface area contributed by atoms with Gasteiger partial charge in [0.25, 0.3) is 0 Å². The Balaban J connectivity index is 2.47. The molecule has 15 heavy (non-hydrogen) atoms. The standard InChI is InChI=1S/C11H8ClN3/c12-5-10-14-9-6-13-8-4-2-1-3-7(8)11(9)15-10/h1-4,6H,5H2,(H,14,15). The highest BCUT2D eigenvalue weighted by Crippen LogP contribution is 2.21. The molecule has 0 atom stereocenters. The molecule has 0 aliphatic rings. The van der Waals surface area contributed by atoms with Gasteiger partial charge in [0.2, 0.25) is 0 Å². The summed E-state index contributed by atoms with van der Waals surface area (Å²) < 4.78 is 0. The van der Waals surface area contributed by atoms with E-state index in [1.54, 1.807) is 6.20 Å². The third kappa shape index (κ3) is 1.27. The third-order valence-corrected chi connectivity index (χ3v) is 2.66. The van der Waals surface area contributed by atoms with E-state index in [-0.39, 0.29) is 0 Å². The summed E-state index contributed by atoms with van der Waals surface area (Å²) in [5.74, 6) is 1.17. The molecule has 0 amide bonds. The number of hydrogen-bond acceptors (Lipinski definition) is 2. The molecular formula is C11H8ClN3. The van der Waals surface area contributed by atoms with Gasteiger partial charge in [-0.25, -0.2) is 4.98 Å². The number of aromatic nitrogens is 3. The van der Waals surface area contributed by atoms with Gasteiger partial charge in [-0.2, -0.15) is 0 Å². The van der Waals surface area contributed by atoms with E-state index < -0.39 is 0 Å². The van der Waals surface area contributed by atoms with Crippen LogP contribution >= 0.6 is 11.6 Å². The number of alkyl halides is 1. The average Bonchev–Trinajstić information content (AvgIpc) is 2.72. The molecule has 0 aliphatic carbocycles. The molecular weight excluding hydrogens is 210 g/mol. The van der Waals surface area contributed by atoms with Crippen LogP contribution < -0.4 is 0 Å². The van der Waals surface area contributed by atoms with E-state index in [0.717, 1.165) is 27.8 Å². The molecule has 0 bridgehead atoms. The molecule has 0 fully saturated rings. The van der Waals surface area contributed by atoms with Crippen molar-refractivity contribution < 1.29 is 0 Å². The number of aromatic amines is 1. The van der Waals surface area contributed by atoms with Gasteiger partial charge in [0, 0.05) is 5.39 Å². The molecule has 0 saturated heterocycles. The quantitative estimate of drug-likeness (QED) is 0.637. The lowest BCUT2D eigenvalue weighted by molar-refractivity contribution is 1.13. The molecule has 3 aromatic rings. The first-order valence-electron chi connectivity index (χ1n) is 4.67. The summed E-state index contributed by atoms with van der Waals surface area (Å²) in [5.41, 5.74) is 2.84. The fourth-order valence-electron chi connectivity index (χ4n) is 1.73. The monoisotopic (exact) mass is 217 g/mol. The smallest absolute Gasteiger partial charge is 0.122 e. The van der Waals surface area contributed by atoms with Crippen molar-refractivity contribution in [2.75, 3.05) is 0 Å². The molecule has 0 unspecified atom stereocenters. The van der Waals surface area contributed by atoms with Crippen LogP contribution in [0.2, 0.25) is 0 Å². The number of imidazole rings is 1. The zero-order valence-electron chi connectivity index (χ0n) is 7.87. The van der Waals surface area contributed by atoms with Crippen LogP contribution in [0.1, 0.15) is 5.82 Å². The molecule has 1 N–H and O–H groups in total. The number of rotatable bonds is 1. The normalized spacial score (nSPS) is 11.3. The van der Waals surface area contributed by atoms with E-state index in [1.807, 2.05) is 24.3 Å². The molecule has 3 nitrogen and oxygen atoms in total. The van der Waals surface area contributed by atoms with Crippen molar-refractivity contribution in [2.24, 2.45) is 0 Å². The van der Waals surface area contributed by atoms with Gasteiger partial charge in [-0.1, -0.05) is 18.2 Å². The Labute approximate surface area is 91.1 Å². The highest BCUT2D eigenvalue weighted by atomic mass is 35.5. The zero-order valence-corrected chi connectivity index (χ0v) is 8.62. The first kappa shape index (κ1) is 8.68. The highest BCUT2D eigenvalue weighted by Gasteiger charge is 2.05. The number of nitrogens with zero attached hydrogens (tertiary/aromatic N) is 2. The summed E-state index contributed by atoms with van der Waals surface area (Å²) in [5, 5.41) is 1.08. The number of fused-ring (bicyclic) bond motifs is 3. The number of halogens is 1. The summed E-state index contributed by atoms with van der Waals surface area (Å²) in [6.07, 6.45) is 1.77. The first-order chi connectivity index (χ1) is 7.38. The van der Waals surface area contributed by atoms with Crippen LogP contribution in [0.15, 0.2) is 30.5 Å². The van der Waals surface area contributed by atoms with Crippen LogP contribution in [-0.4, -0.2) is 15.0 Å². The van der Waals surface area contributed by atoms with E-state index in [4.69, 9.17) is 11.6 Å². The fourth-order valence-corrected chi connectivity index (χ4v) is 1.85. The lowest BCUT2D eigenvalue weighted by Gasteiger charge is -1.96.